The number of anilines is 1. The number of hydrogen-bond acceptors (Lipinski definition) is 4. The summed E-state index contributed by atoms with van der Waals surface area (Å²) < 4.78 is 2.10. The minimum atomic E-state index is 0. The highest BCUT2D eigenvalue weighted by Crippen LogP contribution is 2.24. The van der Waals surface area contributed by atoms with E-state index in [2.05, 4.69) is 38.7 Å². The first-order chi connectivity index (χ1) is 8.86. The van der Waals surface area contributed by atoms with Gasteiger partial charge in [0.1, 0.15) is 12.0 Å². The average molecular weight is 284 g/mol. The highest BCUT2D eigenvalue weighted by molar-refractivity contribution is 5.85. The lowest BCUT2D eigenvalue weighted by molar-refractivity contribution is 0.575. The van der Waals surface area contributed by atoms with Gasteiger partial charge in [-0.05, 0) is 13.3 Å². The van der Waals surface area contributed by atoms with E-state index in [1.165, 1.54) is 25.7 Å². The van der Waals surface area contributed by atoms with Gasteiger partial charge in [0.15, 0.2) is 11.6 Å². The number of aromatic nitrogens is 4. The van der Waals surface area contributed by atoms with Crippen LogP contribution in [-0.4, -0.2) is 26.1 Å². The summed E-state index contributed by atoms with van der Waals surface area (Å²) in [5.74, 6) is 1.76. The zero-order valence-electron chi connectivity index (χ0n) is 11.6. The molecule has 2 heterocycles. The lowest BCUT2D eigenvalue weighted by atomic mass is 10.2. The molecule has 0 saturated heterocycles. The molecule has 0 unspecified atom stereocenters. The minimum absolute atomic E-state index is 0. The molecule has 2 aliphatic rings. The third-order valence-electron chi connectivity index (χ3n) is 3.00. The lowest BCUT2D eigenvalue weighted by Crippen LogP contribution is -2.10. The zero-order chi connectivity index (χ0) is 12.8. The fraction of sp³-hybridized carbons (Fsp3) is 0.615. The van der Waals surface area contributed by atoms with Crippen molar-refractivity contribution >= 4 is 18.2 Å². The molecule has 0 amide bonds. The maximum absolute atomic E-state index is 4.42. The van der Waals surface area contributed by atoms with E-state index in [9.17, 15) is 0 Å². The van der Waals surface area contributed by atoms with Crippen LogP contribution >= 0.6 is 12.4 Å². The van der Waals surface area contributed by atoms with Gasteiger partial charge in [0, 0.05) is 13.1 Å². The molecule has 0 aromatic heterocycles. The van der Waals surface area contributed by atoms with Gasteiger partial charge in [0.25, 0.3) is 0 Å². The van der Waals surface area contributed by atoms with Gasteiger partial charge in [-0.2, -0.15) is 0 Å². The molecule has 0 bridgehead atoms. The van der Waals surface area contributed by atoms with Crippen molar-refractivity contribution in [3.05, 3.63) is 12.7 Å². The number of halogens is 1. The Morgan fingerprint density at radius 3 is 2.68 bits per heavy atom. The van der Waals surface area contributed by atoms with Gasteiger partial charge in [-0.25, -0.2) is 15.0 Å². The molecule has 5 nitrogen and oxygen atoms in total. The smallest absolute Gasteiger partial charge is 0.165 e. The summed E-state index contributed by atoms with van der Waals surface area (Å²) in [4.78, 5) is 13.0. The molecule has 0 spiro atoms. The minimum Gasteiger partial charge on any atom is -0.368 e. The normalized spacial score (nSPS) is 10.4. The van der Waals surface area contributed by atoms with E-state index in [0.29, 0.717) is 0 Å². The summed E-state index contributed by atoms with van der Waals surface area (Å²) in [6, 6.07) is 0. The van der Waals surface area contributed by atoms with Gasteiger partial charge >= 0.3 is 0 Å². The Morgan fingerprint density at radius 2 is 1.95 bits per heavy atom. The maximum Gasteiger partial charge on any atom is 0.165 e. The van der Waals surface area contributed by atoms with Crippen LogP contribution in [0.4, 0.5) is 5.82 Å². The summed E-state index contributed by atoms with van der Waals surface area (Å²) in [6.45, 7) is 6.08. The zero-order valence-corrected chi connectivity index (χ0v) is 12.4. The number of unbranched alkanes of at least 4 members (excludes halogenated alkanes) is 3. The first-order valence-corrected chi connectivity index (χ1v) is 6.76. The average Bonchev–Trinajstić information content (AvgIpc) is 2.86. The van der Waals surface area contributed by atoms with Crippen molar-refractivity contribution in [1.29, 1.82) is 0 Å². The fourth-order valence-electron chi connectivity index (χ4n) is 2.05. The topological polar surface area (TPSA) is 55.6 Å². The molecule has 19 heavy (non-hydrogen) atoms. The van der Waals surface area contributed by atoms with E-state index in [-0.39, 0.29) is 12.4 Å². The molecule has 2 rings (SSSR count). The molecule has 0 atom stereocenters. The van der Waals surface area contributed by atoms with Gasteiger partial charge < -0.3 is 9.88 Å². The van der Waals surface area contributed by atoms with Gasteiger partial charge in [0.05, 0.1) is 6.33 Å². The Labute approximate surface area is 120 Å². The summed E-state index contributed by atoms with van der Waals surface area (Å²) >= 11 is 0. The van der Waals surface area contributed by atoms with E-state index in [4.69, 9.17) is 0 Å². The van der Waals surface area contributed by atoms with Crippen molar-refractivity contribution < 1.29 is 0 Å². The van der Waals surface area contributed by atoms with Crippen LogP contribution in [0, 0.1) is 0 Å². The number of nitrogens with zero attached hydrogens (tertiary/aromatic N) is 4. The number of hydrogen-bond donors (Lipinski definition) is 1. The molecule has 2 aliphatic heterocycles. The van der Waals surface area contributed by atoms with Crippen molar-refractivity contribution in [1.82, 2.24) is 19.5 Å². The number of fused-ring (bicyclic) bond motifs is 1. The monoisotopic (exact) mass is 283 g/mol. The number of rotatable bonds is 7. The van der Waals surface area contributed by atoms with Crippen LogP contribution in [0.5, 0.6) is 0 Å². The van der Waals surface area contributed by atoms with Crippen molar-refractivity contribution in [3.63, 3.8) is 0 Å². The van der Waals surface area contributed by atoms with Crippen molar-refractivity contribution in [2.24, 2.45) is 0 Å². The van der Waals surface area contributed by atoms with Crippen LogP contribution in [0.25, 0.3) is 11.5 Å². The first-order valence-electron chi connectivity index (χ1n) is 6.76. The molecule has 0 aromatic rings. The van der Waals surface area contributed by atoms with E-state index < -0.39 is 0 Å². The fourth-order valence-corrected chi connectivity index (χ4v) is 2.05. The van der Waals surface area contributed by atoms with E-state index in [1.54, 1.807) is 6.33 Å². The van der Waals surface area contributed by atoms with E-state index in [1.807, 2.05) is 6.33 Å². The number of imidazole rings is 1. The standard InChI is InChI=1S/C13H21N5.ClH/c1-3-5-6-7-8-18-10-17-12(14-4-2)11-13(18)16-9-15-11;/h9-10,14H,3-8H2,1-2H3;1H. The largest absolute Gasteiger partial charge is 0.368 e. The van der Waals surface area contributed by atoms with Crippen LogP contribution < -0.4 is 5.32 Å². The Hall–Kier alpha value is -1.36. The van der Waals surface area contributed by atoms with E-state index in [0.717, 1.165) is 30.4 Å². The second kappa shape index (κ2) is 7.94. The van der Waals surface area contributed by atoms with Crippen LogP contribution in [-0.2, 0) is 6.54 Å². The van der Waals surface area contributed by atoms with Crippen LogP contribution in [0.1, 0.15) is 39.5 Å². The summed E-state index contributed by atoms with van der Waals surface area (Å²) in [7, 11) is 0. The van der Waals surface area contributed by atoms with Gasteiger partial charge in [0.2, 0.25) is 0 Å². The van der Waals surface area contributed by atoms with Crippen LogP contribution in [0.2, 0.25) is 0 Å². The SMILES string of the molecule is CCCCCCn1cnc(NCC)c2ncnc1-2.Cl. The predicted molar refractivity (Wildman–Crippen MR) is 80.0 cm³/mol. The molecule has 0 aliphatic carbocycles. The second-order valence-corrected chi connectivity index (χ2v) is 4.42. The van der Waals surface area contributed by atoms with Crippen molar-refractivity contribution in [3.8, 4) is 11.5 Å². The molecule has 106 valence electrons. The number of nitrogens with one attached hydrogen (secondary N) is 1. The predicted octanol–water partition coefficient (Wildman–Crippen LogP) is 3.21. The molecule has 1 N–H and O–H groups in total. The molecule has 0 radical (unpaired) electrons. The van der Waals surface area contributed by atoms with Gasteiger partial charge in [-0.3, -0.25) is 0 Å². The molecule has 0 fully saturated rings. The highest BCUT2D eigenvalue weighted by atomic mass is 35.5. The Balaban J connectivity index is 0.00000180. The van der Waals surface area contributed by atoms with Gasteiger partial charge in [-0.15, -0.1) is 12.4 Å². The third kappa shape index (κ3) is 3.80. The van der Waals surface area contributed by atoms with Crippen molar-refractivity contribution in [2.45, 2.75) is 46.1 Å². The van der Waals surface area contributed by atoms with Crippen molar-refractivity contribution in [2.75, 3.05) is 11.9 Å². The Morgan fingerprint density at radius 1 is 1.11 bits per heavy atom. The molecular formula is C13H22ClN5. The Kier molecular flexibility index (Phi) is 6.56. The third-order valence-corrected chi connectivity index (χ3v) is 3.00. The summed E-state index contributed by atoms with van der Waals surface area (Å²) in [6.07, 6.45) is 8.45. The second-order valence-electron chi connectivity index (χ2n) is 4.42. The summed E-state index contributed by atoms with van der Waals surface area (Å²) in [5, 5.41) is 3.21. The molecule has 0 saturated carbocycles. The Bertz CT molecular complexity index is 457. The van der Waals surface area contributed by atoms with Crippen LogP contribution in [0.15, 0.2) is 12.7 Å². The van der Waals surface area contributed by atoms with Crippen LogP contribution in [0.3, 0.4) is 0 Å². The molecule has 6 heteroatoms. The molecule has 0 aromatic carbocycles. The lowest BCUT2D eigenvalue weighted by Gasteiger charge is -2.13. The first kappa shape index (κ1) is 15.7. The molecular weight excluding hydrogens is 262 g/mol. The quantitative estimate of drug-likeness (QED) is 0.793. The highest BCUT2D eigenvalue weighted by Gasteiger charge is 2.15. The van der Waals surface area contributed by atoms with E-state index >= 15 is 0 Å². The summed E-state index contributed by atoms with van der Waals surface area (Å²) in [5.41, 5.74) is 0.870. The van der Waals surface area contributed by atoms with Gasteiger partial charge in [-0.1, -0.05) is 26.2 Å². The maximum atomic E-state index is 4.42. The number of aryl methyl sites for hydroxylation is 1.